The van der Waals surface area contributed by atoms with Crippen LogP contribution in [0.25, 0.3) is 21.8 Å². The first-order valence-corrected chi connectivity index (χ1v) is 12.1. The predicted octanol–water partition coefficient (Wildman–Crippen LogP) is 4.91. The smallest absolute Gasteiger partial charge is 0.193 e. The lowest BCUT2D eigenvalue weighted by atomic mass is 9.90. The second kappa shape index (κ2) is 8.82. The molecule has 1 saturated heterocycles. The molecule has 0 spiro atoms. The lowest BCUT2D eigenvalue weighted by molar-refractivity contribution is 0.0602. The molecule has 5 heteroatoms. The van der Waals surface area contributed by atoms with Crippen LogP contribution >= 0.6 is 0 Å². The molecule has 0 radical (unpaired) electrons. The van der Waals surface area contributed by atoms with Gasteiger partial charge in [-0.1, -0.05) is 30.3 Å². The summed E-state index contributed by atoms with van der Waals surface area (Å²) in [5.41, 5.74) is 3.63. The molecule has 1 aliphatic heterocycles. The zero-order valence-electron chi connectivity index (χ0n) is 20.1. The number of ketones is 2. The van der Waals surface area contributed by atoms with Crippen LogP contribution in [0.4, 0.5) is 0 Å². The first kappa shape index (κ1) is 22.5. The Morgan fingerprint density at radius 3 is 2.03 bits per heavy atom. The summed E-state index contributed by atoms with van der Waals surface area (Å²) >= 11 is 0. The molecular weight excluding hydrogens is 422 g/mol. The summed E-state index contributed by atoms with van der Waals surface area (Å²) in [5, 5.41) is 5.38. The van der Waals surface area contributed by atoms with Gasteiger partial charge in [0, 0.05) is 71.2 Å². The van der Waals surface area contributed by atoms with Crippen LogP contribution in [0.15, 0.2) is 66.7 Å². The molecule has 0 amide bonds. The third kappa shape index (κ3) is 3.75. The van der Waals surface area contributed by atoms with Crippen LogP contribution in [-0.2, 0) is 6.54 Å². The molecule has 0 aliphatic carbocycles. The highest BCUT2D eigenvalue weighted by Gasteiger charge is 2.35. The Morgan fingerprint density at radius 2 is 1.41 bits per heavy atom. The average molecular weight is 454 g/mol. The van der Waals surface area contributed by atoms with Gasteiger partial charge in [0.05, 0.1) is 5.54 Å². The SMILES string of the molecule is CCn1c2ccc(C(=O)c3ccccc3)cc2c2cc(C(=O)C(C)(C)N3CCNCC3)ccc21. The van der Waals surface area contributed by atoms with Gasteiger partial charge in [0.25, 0.3) is 0 Å². The summed E-state index contributed by atoms with van der Waals surface area (Å²) in [7, 11) is 0. The summed E-state index contributed by atoms with van der Waals surface area (Å²) in [4.78, 5) is 29.0. The van der Waals surface area contributed by atoms with Gasteiger partial charge in [0.2, 0.25) is 0 Å². The van der Waals surface area contributed by atoms with E-state index in [2.05, 4.69) is 27.8 Å². The van der Waals surface area contributed by atoms with E-state index in [-0.39, 0.29) is 11.6 Å². The van der Waals surface area contributed by atoms with Crippen LogP contribution in [-0.4, -0.2) is 52.8 Å². The number of aromatic nitrogens is 1. The van der Waals surface area contributed by atoms with Gasteiger partial charge >= 0.3 is 0 Å². The van der Waals surface area contributed by atoms with Gasteiger partial charge in [-0.05, 0) is 57.2 Å². The van der Waals surface area contributed by atoms with E-state index in [1.165, 1.54) is 0 Å². The van der Waals surface area contributed by atoms with Crippen molar-refractivity contribution in [1.82, 2.24) is 14.8 Å². The summed E-state index contributed by atoms with van der Waals surface area (Å²) in [6.07, 6.45) is 0. The van der Waals surface area contributed by atoms with E-state index in [9.17, 15) is 9.59 Å². The minimum absolute atomic E-state index is 0.00645. The number of nitrogens with one attached hydrogen (secondary N) is 1. The third-order valence-electron chi connectivity index (χ3n) is 7.20. The van der Waals surface area contributed by atoms with Gasteiger partial charge in [0.1, 0.15) is 0 Å². The summed E-state index contributed by atoms with van der Waals surface area (Å²) in [6, 6.07) is 21.3. The topological polar surface area (TPSA) is 54.3 Å². The van der Waals surface area contributed by atoms with Crippen molar-refractivity contribution in [3.8, 4) is 0 Å². The zero-order valence-corrected chi connectivity index (χ0v) is 20.1. The Bertz CT molecular complexity index is 1380. The Labute approximate surface area is 200 Å². The lowest BCUT2D eigenvalue weighted by Crippen LogP contribution is -2.57. The molecular formula is C29H31N3O2. The predicted molar refractivity (Wildman–Crippen MR) is 138 cm³/mol. The minimum Gasteiger partial charge on any atom is -0.341 e. The number of rotatable bonds is 6. The van der Waals surface area contributed by atoms with Crippen molar-refractivity contribution in [2.45, 2.75) is 32.9 Å². The van der Waals surface area contributed by atoms with Crippen molar-refractivity contribution in [2.24, 2.45) is 0 Å². The van der Waals surface area contributed by atoms with Crippen LogP contribution in [0, 0.1) is 0 Å². The summed E-state index contributed by atoms with van der Waals surface area (Å²) < 4.78 is 2.25. The first-order chi connectivity index (χ1) is 16.4. The van der Waals surface area contributed by atoms with Gasteiger partial charge in [-0.2, -0.15) is 0 Å². The van der Waals surface area contributed by atoms with Crippen molar-refractivity contribution >= 4 is 33.4 Å². The first-order valence-electron chi connectivity index (χ1n) is 12.1. The van der Waals surface area contributed by atoms with Gasteiger partial charge in [-0.3, -0.25) is 14.5 Å². The van der Waals surface area contributed by atoms with Gasteiger partial charge in [-0.25, -0.2) is 0 Å². The average Bonchev–Trinajstić information content (AvgIpc) is 3.21. The van der Waals surface area contributed by atoms with Gasteiger partial charge < -0.3 is 9.88 Å². The highest BCUT2D eigenvalue weighted by molar-refractivity contribution is 6.16. The van der Waals surface area contributed by atoms with E-state index in [4.69, 9.17) is 0 Å². The molecule has 1 aliphatic rings. The molecule has 5 nitrogen and oxygen atoms in total. The molecule has 0 bridgehead atoms. The fourth-order valence-corrected chi connectivity index (χ4v) is 5.20. The fourth-order valence-electron chi connectivity index (χ4n) is 5.20. The van der Waals surface area contributed by atoms with Crippen LogP contribution in [0.3, 0.4) is 0 Å². The van der Waals surface area contributed by atoms with E-state index in [0.717, 1.165) is 54.5 Å². The minimum atomic E-state index is -0.576. The monoisotopic (exact) mass is 453 g/mol. The number of hydrogen-bond donors (Lipinski definition) is 1. The van der Waals surface area contributed by atoms with E-state index < -0.39 is 5.54 Å². The molecule has 34 heavy (non-hydrogen) atoms. The Morgan fingerprint density at radius 1 is 0.824 bits per heavy atom. The van der Waals surface area contributed by atoms with E-state index in [0.29, 0.717) is 16.7 Å². The lowest BCUT2D eigenvalue weighted by Gasteiger charge is -2.40. The molecule has 2 heterocycles. The van der Waals surface area contributed by atoms with Crippen LogP contribution in [0.2, 0.25) is 0 Å². The quantitative estimate of drug-likeness (QED) is 0.422. The van der Waals surface area contributed by atoms with Crippen LogP contribution in [0.5, 0.6) is 0 Å². The van der Waals surface area contributed by atoms with Gasteiger partial charge in [-0.15, -0.1) is 0 Å². The molecule has 4 aromatic rings. The molecule has 0 unspecified atom stereocenters. The molecule has 0 saturated carbocycles. The molecule has 1 aromatic heterocycles. The summed E-state index contributed by atoms with van der Waals surface area (Å²) in [5.74, 6) is 0.136. The zero-order chi connectivity index (χ0) is 23.9. The van der Waals surface area contributed by atoms with E-state index in [1.54, 1.807) is 0 Å². The fraction of sp³-hybridized carbons (Fsp3) is 0.310. The highest BCUT2D eigenvalue weighted by Crippen LogP contribution is 2.32. The van der Waals surface area contributed by atoms with Crippen molar-refractivity contribution in [3.63, 3.8) is 0 Å². The largest absolute Gasteiger partial charge is 0.341 e. The molecule has 174 valence electrons. The number of aryl methyl sites for hydroxylation is 1. The Kier molecular flexibility index (Phi) is 5.84. The number of fused-ring (bicyclic) bond motifs is 3. The maximum absolute atomic E-state index is 13.7. The number of carbonyl (C=O) groups excluding carboxylic acids is 2. The van der Waals surface area contributed by atoms with Crippen molar-refractivity contribution in [1.29, 1.82) is 0 Å². The molecule has 1 fully saturated rings. The molecule has 3 aromatic carbocycles. The number of hydrogen-bond acceptors (Lipinski definition) is 4. The maximum Gasteiger partial charge on any atom is 0.193 e. The van der Waals surface area contributed by atoms with Crippen LogP contribution in [0.1, 0.15) is 47.1 Å². The van der Waals surface area contributed by atoms with Crippen molar-refractivity contribution in [3.05, 3.63) is 83.4 Å². The highest BCUT2D eigenvalue weighted by atomic mass is 16.1. The number of nitrogens with zero attached hydrogens (tertiary/aromatic N) is 2. The van der Waals surface area contributed by atoms with Crippen LogP contribution < -0.4 is 5.32 Å². The van der Waals surface area contributed by atoms with Crippen molar-refractivity contribution < 1.29 is 9.59 Å². The second-order valence-electron chi connectivity index (χ2n) is 9.53. The van der Waals surface area contributed by atoms with Crippen molar-refractivity contribution in [2.75, 3.05) is 26.2 Å². The summed E-state index contributed by atoms with van der Waals surface area (Å²) in [6.45, 7) is 10.5. The number of piperazine rings is 1. The molecule has 1 N–H and O–H groups in total. The molecule has 5 rings (SSSR count). The molecule has 0 atom stereocenters. The van der Waals surface area contributed by atoms with E-state index in [1.807, 2.05) is 74.5 Å². The number of benzene rings is 3. The van der Waals surface area contributed by atoms with E-state index >= 15 is 0 Å². The van der Waals surface area contributed by atoms with Gasteiger partial charge in [0.15, 0.2) is 11.6 Å². The maximum atomic E-state index is 13.7. The second-order valence-corrected chi connectivity index (χ2v) is 9.53. The number of Topliss-reactive ketones (excluding diaryl/α,β-unsaturated/α-hetero) is 1. The standard InChI is InChI=1S/C29H31N3O2/c1-4-32-25-12-10-21(27(33)20-8-6-5-7-9-20)18-23(25)24-19-22(11-13-26(24)32)28(34)29(2,3)31-16-14-30-15-17-31/h5-13,18-19,30H,4,14-17H2,1-3H3. The Hall–Kier alpha value is -3.28. The normalized spacial score (nSPS) is 15.1. The third-order valence-corrected chi connectivity index (χ3v) is 7.20. The number of carbonyl (C=O) groups is 2. The Balaban J connectivity index is 1.61.